The molecule has 6 heteroatoms. The van der Waals surface area contributed by atoms with Gasteiger partial charge < -0.3 is 5.32 Å². The Bertz CT molecular complexity index is 710. The zero-order valence-corrected chi connectivity index (χ0v) is 14.2. The summed E-state index contributed by atoms with van der Waals surface area (Å²) in [6.45, 7) is 4.20. The van der Waals surface area contributed by atoms with Crippen molar-refractivity contribution in [1.82, 2.24) is 5.32 Å². The van der Waals surface area contributed by atoms with Crippen molar-refractivity contribution in [3.05, 3.63) is 82.6 Å². The van der Waals surface area contributed by atoms with E-state index in [9.17, 15) is 17.6 Å². The number of nitrogens with one attached hydrogen (secondary N) is 1. The van der Waals surface area contributed by atoms with Gasteiger partial charge in [0, 0.05) is 12.6 Å². The number of benzene rings is 2. The van der Waals surface area contributed by atoms with Crippen molar-refractivity contribution >= 4 is 11.6 Å². The molecule has 2 aromatic carbocycles. The summed E-state index contributed by atoms with van der Waals surface area (Å²) in [5.74, 6) is -0.453. The number of rotatable bonds is 7. The van der Waals surface area contributed by atoms with Gasteiger partial charge in [-0.1, -0.05) is 35.9 Å². The molecule has 0 aliphatic carbocycles. The van der Waals surface area contributed by atoms with E-state index in [1.54, 1.807) is 18.2 Å². The van der Waals surface area contributed by atoms with Gasteiger partial charge >= 0.3 is 6.18 Å². The Kier molecular flexibility index (Phi) is 6.62. The van der Waals surface area contributed by atoms with E-state index in [-0.39, 0.29) is 11.1 Å². The first-order chi connectivity index (χ1) is 11.8. The van der Waals surface area contributed by atoms with Crippen molar-refractivity contribution in [2.75, 3.05) is 0 Å². The Hall–Kier alpha value is -1.85. The number of halogens is 5. The van der Waals surface area contributed by atoms with E-state index in [1.807, 2.05) is 0 Å². The van der Waals surface area contributed by atoms with Gasteiger partial charge in [0.25, 0.3) is 0 Å². The molecule has 0 aliphatic rings. The zero-order valence-electron chi connectivity index (χ0n) is 13.4. The van der Waals surface area contributed by atoms with E-state index in [2.05, 4.69) is 11.9 Å². The topological polar surface area (TPSA) is 12.0 Å². The fourth-order valence-electron chi connectivity index (χ4n) is 2.38. The lowest BCUT2D eigenvalue weighted by atomic mass is 10.0. The summed E-state index contributed by atoms with van der Waals surface area (Å²) in [4.78, 5) is 0. The summed E-state index contributed by atoms with van der Waals surface area (Å²) in [5.41, 5.74) is 1.00. The molecule has 0 saturated carbocycles. The normalized spacial score (nSPS) is 12.8. The molecule has 0 aliphatic heterocycles. The Labute approximate surface area is 149 Å². The fraction of sp³-hybridized carbons (Fsp3) is 0.263. The summed E-state index contributed by atoms with van der Waals surface area (Å²) < 4.78 is 50.8. The Morgan fingerprint density at radius 3 is 2.28 bits per heavy atom. The summed E-state index contributed by atoms with van der Waals surface area (Å²) >= 11 is 5.76. The van der Waals surface area contributed by atoms with Gasteiger partial charge in [0.15, 0.2) is 0 Å². The number of alkyl halides is 3. The second-order valence-electron chi connectivity index (χ2n) is 5.70. The summed E-state index contributed by atoms with van der Waals surface area (Å²) in [5, 5.41) is 3.32. The summed E-state index contributed by atoms with van der Waals surface area (Å²) in [6.07, 6.45) is -1.19. The largest absolute Gasteiger partial charge is 0.416 e. The Morgan fingerprint density at radius 1 is 1.08 bits per heavy atom. The highest BCUT2D eigenvalue weighted by Crippen LogP contribution is 2.29. The number of aryl methyl sites for hydroxylation is 1. The molecule has 0 amide bonds. The molecule has 0 spiro atoms. The van der Waals surface area contributed by atoms with Gasteiger partial charge in [-0.3, -0.25) is 0 Å². The SMILES string of the molecule is C=CC(CCc1ccc(F)c(Cl)c1)NCc1ccc(C(F)(F)F)cc1. The van der Waals surface area contributed by atoms with Gasteiger partial charge in [-0.05, 0) is 48.2 Å². The van der Waals surface area contributed by atoms with Crippen LogP contribution in [-0.2, 0) is 19.1 Å². The Balaban J connectivity index is 1.87. The van der Waals surface area contributed by atoms with Gasteiger partial charge in [-0.15, -0.1) is 6.58 Å². The molecule has 2 rings (SSSR count). The lowest BCUT2D eigenvalue weighted by Gasteiger charge is -2.15. The predicted octanol–water partition coefficient (Wildman–Crippen LogP) is 5.77. The molecule has 1 atom stereocenters. The quantitative estimate of drug-likeness (QED) is 0.481. The summed E-state index contributed by atoms with van der Waals surface area (Å²) in [7, 11) is 0. The second-order valence-corrected chi connectivity index (χ2v) is 6.11. The van der Waals surface area contributed by atoms with Crippen LogP contribution in [0.4, 0.5) is 17.6 Å². The van der Waals surface area contributed by atoms with Crippen molar-refractivity contribution in [3.63, 3.8) is 0 Å². The van der Waals surface area contributed by atoms with Crippen molar-refractivity contribution in [1.29, 1.82) is 0 Å². The van der Waals surface area contributed by atoms with E-state index in [4.69, 9.17) is 11.6 Å². The lowest BCUT2D eigenvalue weighted by Crippen LogP contribution is -2.27. The third-order valence-electron chi connectivity index (χ3n) is 3.86. The first-order valence-corrected chi connectivity index (χ1v) is 8.13. The highest BCUT2D eigenvalue weighted by atomic mass is 35.5. The monoisotopic (exact) mass is 371 g/mol. The van der Waals surface area contributed by atoms with Gasteiger partial charge in [-0.25, -0.2) is 4.39 Å². The number of hydrogen-bond donors (Lipinski definition) is 1. The molecule has 0 heterocycles. The van der Waals surface area contributed by atoms with E-state index < -0.39 is 17.6 Å². The van der Waals surface area contributed by atoms with Crippen LogP contribution in [0.2, 0.25) is 5.02 Å². The Morgan fingerprint density at radius 2 is 1.72 bits per heavy atom. The van der Waals surface area contributed by atoms with Crippen LogP contribution in [0.3, 0.4) is 0 Å². The van der Waals surface area contributed by atoms with Crippen LogP contribution in [-0.4, -0.2) is 6.04 Å². The molecule has 2 aromatic rings. The molecule has 1 nitrogen and oxygen atoms in total. The molecule has 0 aromatic heterocycles. The molecule has 1 N–H and O–H groups in total. The van der Waals surface area contributed by atoms with Crippen molar-refractivity contribution < 1.29 is 17.6 Å². The minimum Gasteiger partial charge on any atom is -0.306 e. The smallest absolute Gasteiger partial charge is 0.306 e. The molecule has 1 unspecified atom stereocenters. The molecule has 134 valence electrons. The van der Waals surface area contributed by atoms with Crippen LogP contribution < -0.4 is 5.32 Å². The minimum absolute atomic E-state index is 0.0221. The van der Waals surface area contributed by atoms with Gasteiger partial charge in [-0.2, -0.15) is 13.2 Å². The number of hydrogen-bond acceptors (Lipinski definition) is 1. The van der Waals surface area contributed by atoms with Crippen LogP contribution in [0.15, 0.2) is 55.1 Å². The van der Waals surface area contributed by atoms with Gasteiger partial charge in [0.1, 0.15) is 5.82 Å². The third-order valence-corrected chi connectivity index (χ3v) is 4.15. The average molecular weight is 372 g/mol. The van der Waals surface area contributed by atoms with Crippen LogP contribution >= 0.6 is 11.6 Å². The molecule has 25 heavy (non-hydrogen) atoms. The first-order valence-electron chi connectivity index (χ1n) is 7.75. The maximum atomic E-state index is 13.1. The van der Waals surface area contributed by atoms with Gasteiger partial charge in [0.2, 0.25) is 0 Å². The fourth-order valence-corrected chi connectivity index (χ4v) is 2.58. The first kappa shape index (κ1) is 19.5. The van der Waals surface area contributed by atoms with Crippen LogP contribution in [0.25, 0.3) is 0 Å². The minimum atomic E-state index is -4.33. The van der Waals surface area contributed by atoms with Crippen molar-refractivity contribution in [3.8, 4) is 0 Å². The van der Waals surface area contributed by atoms with E-state index in [0.717, 1.165) is 23.3 Å². The maximum Gasteiger partial charge on any atom is 0.416 e. The van der Waals surface area contributed by atoms with Gasteiger partial charge in [0.05, 0.1) is 10.6 Å². The van der Waals surface area contributed by atoms with Crippen LogP contribution in [0.5, 0.6) is 0 Å². The van der Waals surface area contributed by atoms with Crippen molar-refractivity contribution in [2.24, 2.45) is 0 Å². The average Bonchev–Trinajstić information content (AvgIpc) is 2.57. The van der Waals surface area contributed by atoms with Crippen LogP contribution in [0, 0.1) is 5.82 Å². The third kappa shape index (κ3) is 5.87. The zero-order chi connectivity index (χ0) is 18.4. The molecular weight excluding hydrogens is 354 g/mol. The molecule has 0 fully saturated rings. The standard InChI is InChI=1S/C19H18ClF4N/c1-2-16(9-5-13-6-10-18(21)17(20)11-13)25-12-14-3-7-15(8-4-14)19(22,23)24/h2-4,6-8,10-11,16,25H,1,5,9,12H2. The second kappa shape index (κ2) is 8.50. The maximum absolute atomic E-state index is 13.1. The van der Waals surface area contributed by atoms with E-state index in [0.29, 0.717) is 19.4 Å². The molecular formula is C19H18ClF4N. The predicted molar refractivity (Wildman–Crippen MR) is 92.0 cm³/mol. The lowest BCUT2D eigenvalue weighted by molar-refractivity contribution is -0.137. The summed E-state index contributed by atoms with van der Waals surface area (Å²) in [6, 6.07) is 9.62. The van der Waals surface area contributed by atoms with E-state index >= 15 is 0 Å². The van der Waals surface area contributed by atoms with Crippen molar-refractivity contribution in [2.45, 2.75) is 31.6 Å². The molecule has 0 bridgehead atoms. The van der Waals surface area contributed by atoms with Crippen LogP contribution in [0.1, 0.15) is 23.1 Å². The highest BCUT2D eigenvalue weighted by Gasteiger charge is 2.29. The highest BCUT2D eigenvalue weighted by molar-refractivity contribution is 6.30. The molecule has 0 radical (unpaired) electrons. The van der Waals surface area contributed by atoms with E-state index in [1.165, 1.54) is 18.2 Å². The molecule has 0 saturated heterocycles.